The van der Waals surface area contributed by atoms with E-state index in [-0.39, 0.29) is 6.04 Å². The maximum atomic E-state index is 12.2. The number of carbonyl (C=O) groups excluding carboxylic acids is 3. The molecule has 0 unspecified atom stereocenters. The lowest BCUT2D eigenvalue weighted by Gasteiger charge is -2.16. The highest BCUT2D eigenvalue weighted by molar-refractivity contribution is 6.00. The summed E-state index contributed by atoms with van der Waals surface area (Å²) in [5.41, 5.74) is 0.934. The number of carbonyl (C=O) groups is 3. The molecule has 1 aromatic carbocycles. The second-order valence-corrected chi connectivity index (χ2v) is 5.79. The van der Waals surface area contributed by atoms with Crippen LogP contribution in [0.25, 0.3) is 0 Å². The Kier molecular flexibility index (Phi) is 6.17. The first kappa shape index (κ1) is 17.8. The van der Waals surface area contributed by atoms with Crippen LogP contribution in [0.15, 0.2) is 24.3 Å². The van der Waals surface area contributed by atoms with Crippen LogP contribution >= 0.6 is 0 Å². The van der Waals surface area contributed by atoms with E-state index in [1.165, 1.54) is 6.92 Å². The van der Waals surface area contributed by atoms with Gasteiger partial charge in [0.1, 0.15) is 0 Å². The van der Waals surface area contributed by atoms with Crippen LogP contribution in [0.5, 0.6) is 0 Å². The maximum Gasteiger partial charge on any atom is 0.341 e. The highest BCUT2D eigenvalue weighted by atomic mass is 16.5. The van der Waals surface area contributed by atoms with Gasteiger partial charge in [0.25, 0.3) is 5.91 Å². The van der Waals surface area contributed by atoms with Gasteiger partial charge in [-0.3, -0.25) is 10.1 Å². The Balaban J connectivity index is 1.86. The molecule has 1 saturated carbocycles. The number of nitrogens with one attached hydrogen (secondary N) is 3. The van der Waals surface area contributed by atoms with Gasteiger partial charge >= 0.3 is 12.0 Å². The fourth-order valence-electron chi connectivity index (χ4n) is 2.66. The molecule has 3 N–H and O–H groups in total. The van der Waals surface area contributed by atoms with Gasteiger partial charge in [-0.25, -0.2) is 9.59 Å². The van der Waals surface area contributed by atoms with Gasteiger partial charge in [0.2, 0.25) is 0 Å². The lowest BCUT2D eigenvalue weighted by Crippen LogP contribution is -2.47. The monoisotopic (exact) mass is 333 g/mol. The number of hydrogen-bond acceptors (Lipinski definition) is 5. The van der Waals surface area contributed by atoms with Gasteiger partial charge in [0.05, 0.1) is 5.56 Å². The fraction of sp³-hybridized carbons (Fsp3) is 0.471. The van der Waals surface area contributed by atoms with Crippen LogP contribution in [0.2, 0.25) is 0 Å². The quantitative estimate of drug-likeness (QED) is 0.717. The zero-order chi connectivity index (χ0) is 17.5. The average Bonchev–Trinajstić information content (AvgIpc) is 3.07. The number of hydrogen-bond donors (Lipinski definition) is 3. The number of amides is 3. The van der Waals surface area contributed by atoms with Crippen molar-refractivity contribution in [2.45, 2.75) is 44.8 Å². The van der Waals surface area contributed by atoms with Crippen molar-refractivity contribution < 1.29 is 19.1 Å². The van der Waals surface area contributed by atoms with Crippen LogP contribution in [0, 0.1) is 0 Å². The first-order valence-electron chi connectivity index (χ1n) is 8.10. The molecule has 1 aliphatic carbocycles. The van der Waals surface area contributed by atoms with E-state index in [1.807, 2.05) is 0 Å². The van der Waals surface area contributed by atoms with Gasteiger partial charge in [-0.1, -0.05) is 25.0 Å². The number of esters is 1. The van der Waals surface area contributed by atoms with Gasteiger partial charge < -0.3 is 15.4 Å². The van der Waals surface area contributed by atoms with Crippen LogP contribution in [0.3, 0.4) is 0 Å². The molecule has 0 aromatic heterocycles. The summed E-state index contributed by atoms with van der Waals surface area (Å²) >= 11 is 0. The van der Waals surface area contributed by atoms with Crippen molar-refractivity contribution in [3.63, 3.8) is 0 Å². The van der Waals surface area contributed by atoms with Crippen LogP contribution in [-0.4, -0.2) is 37.1 Å². The van der Waals surface area contributed by atoms with E-state index in [1.54, 1.807) is 31.3 Å². The summed E-state index contributed by atoms with van der Waals surface area (Å²) < 4.78 is 5.14. The first-order chi connectivity index (χ1) is 11.5. The molecule has 1 atom stereocenters. The Bertz CT molecular complexity index is 612. The Morgan fingerprint density at radius 3 is 2.50 bits per heavy atom. The molecular weight excluding hydrogens is 310 g/mol. The van der Waals surface area contributed by atoms with Gasteiger partial charge in [-0.2, -0.15) is 0 Å². The zero-order valence-corrected chi connectivity index (χ0v) is 13.9. The van der Waals surface area contributed by atoms with Crippen molar-refractivity contribution in [1.82, 2.24) is 10.6 Å². The number of urea groups is 1. The third-order valence-electron chi connectivity index (χ3n) is 4.00. The highest BCUT2D eigenvalue weighted by Gasteiger charge is 2.23. The van der Waals surface area contributed by atoms with Crippen LogP contribution in [0.1, 0.15) is 43.0 Å². The third kappa shape index (κ3) is 4.71. The van der Waals surface area contributed by atoms with Gasteiger partial charge in [-0.15, -0.1) is 0 Å². The lowest BCUT2D eigenvalue weighted by molar-refractivity contribution is -0.127. The molecule has 1 aliphatic rings. The van der Waals surface area contributed by atoms with E-state index in [4.69, 9.17) is 4.74 Å². The van der Waals surface area contributed by atoms with Crippen molar-refractivity contribution >= 4 is 23.6 Å². The van der Waals surface area contributed by atoms with E-state index >= 15 is 0 Å². The summed E-state index contributed by atoms with van der Waals surface area (Å²) in [7, 11) is 1.69. The summed E-state index contributed by atoms with van der Waals surface area (Å²) in [5, 5.41) is 7.84. The first-order valence-corrected chi connectivity index (χ1v) is 8.10. The number of rotatable bonds is 5. The van der Waals surface area contributed by atoms with Crippen molar-refractivity contribution in [3.05, 3.63) is 29.8 Å². The molecule has 130 valence electrons. The number of para-hydroxylation sites is 1. The summed E-state index contributed by atoms with van der Waals surface area (Å²) in [6, 6.07) is 6.38. The molecule has 24 heavy (non-hydrogen) atoms. The Labute approximate surface area is 141 Å². The molecular formula is C17H23N3O4. The lowest BCUT2D eigenvalue weighted by atomic mass is 10.2. The second kappa shape index (κ2) is 8.33. The normalized spacial score (nSPS) is 15.4. The summed E-state index contributed by atoms with van der Waals surface area (Å²) in [6.45, 7) is 1.43. The van der Waals surface area contributed by atoms with E-state index in [9.17, 15) is 14.4 Å². The predicted octanol–water partition coefficient (Wildman–Crippen LogP) is 2.04. The minimum absolute atomic E-state index is 0.109. The summed E-state index contributed by atoms with van der Waals surface area (Å²) in [6.07, 6.45) is 2.94. The molecule has 0 saturated heterocycles. The van der Waals surface area contributed by atoms with E-state index in [0.717, 1.165) is 25.7 Å². The molecule has 1 fully saturated rings. The molecule has 3 amide bonds. The standard InChI is InChI=1S/C17H23N3O4/c1-11(15(21)20-17(23)19-12-7-3-4-8-12)24-16(22)13-9-5-6-10-14(13)18-2/h5-6,9-12,18H,3-4,7-8H2,1-2H3,(H2,19,20,21,23)/t11-/m1/s1. The molecule has 7 heteroatoms. The van der Waals surface area contributed by atoms with Crippen molar-refractivity contribution in [2.75, 3.05) is 12.4 Å². The molecule has 7 nitrogen and oxygen atoms in total. The third-order valence-corrected chi connectivity index (χ3v) is 4.00. The number of benzene rings is 1. The highest BCUT2D eigenvalue weighted by Crippen LogP contribution is 2.17. The second-order valence-electron chi connectivity index (χ2n) is 5.79. The van der Waals surface area contributed by atoms with E-state index in [2.05, 4.69) is 16.0 Å². The fourth-order valence-corrected chi connectivity index (χ4v) is 2.66. The van der Waals surface area contributed by atoms with Gasteiger partial charge in [0, 0.05) is 18.8 Å². The Morgan fingerprint density at radius 1 is 1.17 bits per heavy atom. The maximum absolute atomic E-state index is 12.2. The number of imide groups is 1. The smallest absolute Gasteiger partial charge is 0.341 e. The van der Waals surface area contributed by atoms with Crippen LogP contribution < -0.4 is 16.0 Å². The van der Waals surface area contributed by atoms with E-state index < -0.39 is 24.0 Å². The molecule has 0 heterocycles. The zero-order valence-electron chi connectivity index (χ0n) is 13.9. The molecule has 0 spiro atoms. The minimum atomic E-state index is -1.07. The SMILES string of the molecule is CNc1ccccc1C(=O)O[C@H](C)C(=O)NC(=O)NC1CCCC1. The topological polar surface area (TPSA) is 96.5 Å². The van der Waals surface area contributed by atoms with Gasteiger partial charge in [0.15, 0.2) is 6.10 Å². The molecule has 0 radical (unpaired) electrons. The molecule has 0 aliphatic heterocycles. The number of anilines is 1. The van der Waals surface area contributed by atoms with Crippen LogP contribution in [-0.2, 0) is 9.53 Å². The van der Waals surface area contributed by atoms with Crippen molar-refractivity contribution in [2.24, 2.45) is 0 Å². The van der Waals surface area contributed by atoms with Crippen molar-refractivity contribution in [1.29, 1.82) is 0 Å². The minimum Gasteiger partial charge on any atom is -0.449 e. The molecule has 0 bridgehead atoms. The predicted molar refractivity (Wildman–Crippen MR) is 89.8 cm³/mol. The van der Waals surface area contributed by atoms with Crippen molar-refractivity contribution in [3.8, 4) is 0 Å². The van der Waals surface area contributed by atoms with Crippen LogP contribution in [0.4, 0.5) is 10.5 Å². The average molecular weight is 333 g/mol. The molecule has 1 aromatic rings. The van der Waals surface area contributed by atoms with Gasteiger partial charge in [-0.05, 0) is 31.9 Å². The Hall–Kier alpha value is -2.57. The van der Waals surface area contributed by atoms with E-state index in [0.29, 0.717) is 11.3 Å². The number of ether oxygens (including phenoxy) is 1. The summed E-state index contributed by atoms with van der Waals surface area (Å²) in [4.78, 5) is 35.9. The summed E-state index contributed by atoms with van der Waals surface area (Å²) in [5.74, 6) is -1.28. The Morgan fingerprint density at radius 2 is 1.83 bits per heavy atom. The largest absolute Gasteiger partial charge is 0.449 e. The molecule has 2 rings (SSSR count).